The van der Waals surface area contributed by atoms with Crippen LogP contribution in [-0.4, -0.2) is 73.9 Å². The highest BCUT2D eigenvalue weighted by Crippen LogP contribution is 2.32. The van der Waals surface area contributed by atoms with Gasteiger partial charge >= 0.3 is 0 Å². The number of likely N-dealkylation sites (tertiary alicyclic amines) is 1. The Bertz CT molecular complexity index is 1380. The molecule has 1 aromatic carbocycles. The number of aromatic nitrogens is 5. The number of fused-ring (bicyclic) bond motifs is 1. The molecule has 0 aliphatic carbocycles. The number of anilines is 1. The fourth-order valence-corrected chi connectivity index (χ4v) is 5.61. The molecule has 10 heteroatoms. The van der Waals surface area contributed by atoms with Crippen LogP contribution in [0.5, 0.6) is 0 Å². The van der Waals surface area contributed by atoms with E-state index in [0.717, 1.165) is 84.0 Å². The van der Waals surface area contributed by atoms with E-state index in [1.165, 1.54) is 0 Å². The molecule has 0 spiro atoms. The van der Waals surface area contributed by atoms with Gasteiger partial charge in [-0.15, -0.1) is 0 Å². The molecule has 0 atom stereocenters. The van der Waals surface area contributed by atoms with E-state index in [9.17, 15) is 5.11 Å². The highest BCUT2D eigenvalue weighted by molar-refractivity contribution is 9.10. The van der Waals surface area contributed by atoms with Crippen molar-refractivity contribution in [3.63, 3.8) is 0 Å². The summed E-state index contributed by atoms with van der Waals surface area (Å²) >= 11 is 3.48. The molecule has 5 heterocycles. The Labute approximate surface area is 224 Å². The van der Waals surface area contributed by atoms with Crippen LogP contribution in [0.2, 0.25) is 0 Å². The van der Waals surface area contributed by atoms with Crippen LogP contribution in [-0.2, 0) is 17.9 Å². The molecule has 9 nitrogen and oxygen atoms in total. The number of pyridine rings is 1. The Kier molecular flexibility index (Phi) is 7.14. The summed E-state index contributed by atoms with van der Waals surface area (Å²) in [6.07, 6.45) is 3.98. The van der Waals surface area contributed by atoms with Crippen molar-refractivity contribution in [2.24, 2.45) is 0 Å². The number of hydrogen-bond donors (Lipinski definition) is 1. The van der Waals surface area contributed by atoms with Gasteiger partial charge in [-0.1, -0.05) is 24.3 Å². The Balaban J connectivity index is 1.30. The predicted molar refractivity (Wildman–Crippen MR) is 145 cm³/mol. The summed E-state index contributed by atoms with van der Waals surface area (Å²) in [4.78, 5) is 24.1. The van der Waals surface area contributed by atoms with Gasteiger partial charge in [0.1, 0.15) is 4.60 Å². The molecule has 4 aromatic rings. The average Bonchev–Trinajstić information content (AvgIpc) is 3.38. The Morgan fingerprint density at radius 2 is 1.78 bits per heavy atom. The van der Waals surface area contributed by atoms with Gasteiger partial charge in [-0.3, -0.25) is 4.90 Å². The number of ether oxygens (including phenoxy) is 1. The van der Waals surface area contributed by atoms with E-state index < -0.39 is 0 Å². The first-order valence-electron chi connectivity index (χ1n) is 12.8. The SMILES string of the molecule is OCc1cccc(-c2nc(N3CCOCC3)c3ncn(C4CCN(Cc5cccc(Br)n5)CC4)c3n2)c1. The van der Waals surface area contributed by atoms with Crippen LogP contribution in [0.15, 0.2) is 53.4 Å². The molecule has 0 amide bonds. The number of aliphatic hydroxyl groups is 1. The van der Waals surface area contributed by atoms with E-state index in [-0.39, 0.29) is 6.61 Å². The van der Waals surface area contributed by atoms with Crippen LogP contribution < -0.4 is 4.90 Å². The maximum absolute atomic E-state index is 9.66. The normalized spacial score (nSPS) is 17.5. The number of aliphatic hydroxyl groups excluding tert-OH is 1. The van der Waals surface area contributed by atoms with Crippen LogP contribution in [0.25, 0.3) is 22.6 Å². The van der Waals surface area contributed by atoms with Crippen LogP contribution in [0.3, 0.4) is 0 Å². The number of benzene rings is 1. The molecule has 2 fully saturated rings. The number of imidazole rings is 1. The van der Waals surface area contributed by atoms with E-state index in [0.29, 0.717) is 25.1 Å². The zero-order valence-corrected chi connectivity index (χ0v) is 22.2. The third-order valence-corrected chi connectivity index (χ3v) is 7.63. The van der Waals surface area contributed by atoms with Crippen LogP contribution in [0.1, 0.15) is 30.1 Å². The minimum atomic E-state index is -0.0155. The monoisotopic (exact) mass is 563 g/mol. The largest absolute Gasteiger partial charge is 0.392 e. The summed E-state index contributed by atoms with van der Waals surface area (Å²) < 4.78 is 8.71. The first kappa shape index (κ1) is 24.4. The molecular weight excluding hydrogens is 534 g/mol. The number of nitrogens with zero attached hydrogens (tertiary/aromatic N) is 7. The first-order valence-corrected chi connectivity index (χ1v) is 13.6. The molecule has 2 saturated heterocycles. The highest BCUT2D eigenvalue weighted by Gasteiger charge is 2.26. The molecule has 2 aliphatic heterocycles. The fourth-order valence-electron chi connectivity index (χ4n) is 5.23. The summed E-state index contributed by atoms with van der Waals surface area (Å²) in [5.41, 5.74) is 4.53. The molecule has 3 aromatic heterocycles. The lowest BCUT2D eigenvalue weighted by Crippen LogP contribution is -2.37. The molecular formula is C27H30BrN7O2. The van der Waals surface area contributed by atoms with Gasteiger partial charge in [-0.2, -0.15) is 0 Å². The van der Waals surface area contributed by atoms with Crippen molar-refractivity contribution in [3.05, 3.63) is 64.7 Å². The zero-order valence-electron chi connectivity index (χ0n) is 20.6. The lowest BCUT2D eigenvalue weighted by molar-refractivity contribution is 0.122. The number of halogens is 1. The minimum Gasteiger partial charge on any atom is -0.392 e. The number of rotatable bonds is 6. The standard InChI is InChI=1S/C27H30BrN7O2/c28-23-6-2-5-21(30-23)16-33-9-7-22(8-10-33)35-18-29-24-26(34-11-13-37-14-12-34)31-25(32-27(24)35)20-4-1-3-19(15-20)17-36/h1-6,15,18,22,36H,7-14,16-17H2. The zero-order chi connectivity index (χ0) is 25.2. The maximum Gasteiger partial charge on any atom is 0.166 e. The van der Waals surface area contributed by atoms with Gasteiger partial charge in [0, 0.05) is 44.3 Å². The second kappa shape index (κ2) is 10.8. The Hall–Kier alpha value is -2.92. The number of hydrogen-bond acceptors (Lipinski definition) is 8. The van der Waals surface area contributed by atoms with Crippen LogP contribution in [0.4, 0.5) is 5.82 Å². The van der Waals surface area contributed by atoms with Gasteiger partial charge in [-0.05, 0) is 52.5 Å². The van der Waals surface area contributed by atoms with Crippen molar-refractivity contribution < 1.29 is 9.84 Å². The van der Waals surface area contributed by atoms with Crippen LogP contribution >= 0.6 is 15.9 Å². The van der Waals surface area contributed by atoms with Crippen molar-refractivity contribution in [3.8, 4) is 11.4 Å². The van der Waals surface area contributed by atoms with Crippen molar-refractivity contribution in [2.45, 2.75) is 32.0 Å². The first-order chi connectivity index (χ1) is 18.2. The topological polar surface area (TPSA) is 92.4 Å². The minimum absolute atomic E-state index is 0.0155. The summed E-state index contributed by atoms with van der Waals surface area (Å²) in [5.74, 6) is 1.51. The van der Waals surface area contributed by atoms with Gasteiger partial charge in [0.25, 0.3) is 0 Å². The second-order valence-corrected chi connectivity index (χ2v) is 10.4. The molecule has 1 N–H and O–H groups in total. The van der Waals surface area contributed by atoms with E-state index >= 15 is 0 Å². The Morgan fingerprint density at radius 3 is 2.57 bits per heavy atom. The number of morpholine rings is 1. The number of piperidine rings is 1. The fraction of sp³-hybridized carbons (Fsp3) is 0.407. The average molecular weight is 564 g/mol. The Morgan fingerprint density at radius 1 is 0.973 bits per heavy atom. The van der Waals surface area contributed by atoms with Gasteiger partial charge in [0.2, 0.25) is 0 Å². The van der Waals surface area contributed by atoms with Crippen molar-refractivity contribution in [1.82, 2.24) is 29.4 Å². The van der Waals surface area contributed by atoms with Gasteiger partial charge in [0.05, 0.1) is 31.8 Å². The smallest absolute Gasteiger partial charge is 0.166 e. The molecule has 37 heavy (non-hydrogen) atoms. The quantitative estimate of drug-likeness (QED) is 0.354. The van der Waals surface area contributed by atoms with E-state index in [1.807, 2.05) is 42.7 Å². The molecule has 0 radical (unpaired) electrons. The second-order valence-electron chi connectivity index (χ2n) is 9.61. The third-order valence-electron chi connectivity index (χ3n) is 7.19. The highest BCUT2D eigenvalue weighted by atomic mass is 79.9. The predicted octanol–water partition coefficient (Wildman–Crippen LogP) is 3.82. The van der Waals surface area contributed by atoms with E-state index in [1.54, 1.807) is 0 Å². The molecule has 2 aliphatic rings. The third kappa shape index (κ3) is 5.24. The van der Waals surface area contributed by atoms with Crippen molar-refractivity contribution in [1.29, 1.82) is 0 Å². The lowest BCUT2D eigenvalue weighted by atomic mass is 10.0. The van der Waals surface area contributed by atoms with Gasteiger partial charge in [-0.25, -0.2) is 19.9 Å². The van der Waals surface area contributed by atoms with E-state index in [4.69, 9.17) is 19.7 Å². The summed E-state index contributed by atoms with van der Waals surface area (Å²) in [6.45, 7) is 5.72. The molecule has 0 bridgehead atoms. The molecule has 0 unspecified atom stereocenters. The van der Waals surface area contributed by atoms with Crippen molar-refractivity contribution in [2.75, 3.05) is 44.3 Å². The van der Waals surface area contributed by atoms with Gasteiger partial charge < -0.3 is 19.3 Å². The lowest BCUT2D eigenvalue weighted by Gasteiger charge is -2.32. The van der Waals surface area contributed by atoms with Crippen molar-refractivity contribution >= 4 is 32.9 Å². The summed E-state index contributed by atoms with van der Waals surface area (Å²) in [7, 11) is 0. The molecule has 192 valence electrons. The molecule has 6 rings (SSSR count). The van der Waals surface area contributed by atoms with Crippen LogP contribution in [0, 0.1) is 0 Å². The van der Waals surface area contributed by atoms with Gasteiger partial charge in [0.15, 0.2) is 22.8 Å². The summed E-state index contributed by atoms with van der Waals surface area (Å²) in [6, 6.07) is 14.2. The maximum atomic E-state index is 9.66. The molecule has 0 saturated carbocycles. The summed E-state index contributed by atoms with van der Waals surface area (Å²) in [5, 5.41) is 9.66. The van der Waals surface area contributed by atoms with E-state index in [2.05, 4.69) is 41.3 Å².